The number of sulfone groups is 1. The molecule has 1 aliphatic rings. The van der Waals surface area contributed by atoms with Gasteiger partial charge in [-0.05, 0) is 49.2 Å². The van der Waals surface area contributed by atoms with Crippen molar-refractivity contribution < 1.29 is 32.6 Å². The maximum absolute atomic E-state index is 13.0. The third-order valence-corrected chi connectivity index (χ3v) is 7.26. The molecule has 34 heavy (non-hydrogen) atoms. The minimum absolute atomic E-state index is 0.0700. The number of nitrogens with one attached hydrogen (secondary N) is 3. The number of amides is 3. The third-order valence-electron chi connectivity index (χ3n) is 5.59. The van der Waals surface area contributed by atoms with Gasteiger partial charge in [0.15, 0.2) is 0 Å². The molecule has 190 valence electrons. The summed E-state index contributed by atoms with van der Waals surface area (Å²) in [6, 6.07) is 7.49. The van der Waals surface area contributed by atoms with Gasteiger partial charge in [0.25, 0.3) is 0 Å². The number of hydrogen-bond acceptors (Lipinski definition) is 7. The molecule has 1 aliphatic carbocycles. The highest BCUT2D eigenvalue weighted by Gasteiger charge is 2.35. The number of hydrogen-bond donors (Lipinski definition) is 4. The van der Waals surface area contributed by atoms with Gasteiger partial charge in [0, 0.05) is 18.3 Å². The standard InChI is InChI=1S/C22H33N3O7S2/c1-33-11-10-19(25-22(29)32-13-15-6-4-3-5-7-15)20(26)24-18-9-8-17(23-21(27)28)12-16(18)14-34(2,30)31/h3-7,16-19,23H,8-14H2,1-2H3,(H,24,26)(H,25,29)(H,27,28)/t16-,17?,18-,19?/m0/s1. The molecule has 1 fully saturated rings. The van der Waals surface area contributed by atoms with Gasteiger partial charge in [-0.3, -0.25) is 4.79 Å². The molecule has 0 aliphatic heterocycles. The van der Waals surface area contributed by atoms with Crippen molar-refractivity contribution in [3.63, 3.8) is 0 Å². The number of carbonyl (C=O) groups excluding carboxylic acids is 2. The van der Waals surface area contributed by atoms with E-state index in [2.05, 4.69) is 16.0 Å². The number of alkyl carbamates (subject to hydrolysis) is 1. The molecule has 2 rings (SSSR count). The molecule has 4 N–H and O–H groups in total. The molecular weight excluding hydrogens is 482 g/mol. The predicted molar refractivity (Wildman–Crippen MR) is 130 cm³/mol. The summed E-state index contributed by atoms with van der Waals surface area (Å²) in [4.78, 5) is 36.4. The van der Waals surface area contributed by atoms with Crippen LogP contribution in [0.4, 0.5) is 9.59 Å². The molecule has 12 heteroatoms. The fourth-order valence-electron chi connectivity index (χ4n) is 4.03. The van der Waals surface area contributed by atoms with E-state index in [0.717, 1.165) is 11.8 Å². The van der Waals surface area contributed by atoms with Crippen LogP contribution in [-0.2, 0) is 26.0 Å². The smallest absolute Gasteiger partial charge is 0.408 e. The van der Waals surface area contributed by atoms with Gasteiger partial charge >= 0.3 is 12.2 Å². The molecule has 0 saturated heterocycles. The van der Waals surface area contributed by atoms with Crippen LogP contribution < -0.4 is 16.0 Å². The van der Waals surface area contributed by atoms with Crippen molar-refractivity contribution in [1.82, 2.24) is 16.0 Å². The quantitative estimate of drug-likeness (QED) is 0.349. The second-order valence-corrected chi connectivity index (χ2v) is 11.6. The van der Waals surface area contributed by atoms with Gasteiger partial charge < -0.3 is 25.8 Å². The van der Waals surface area contributed by atoms with Gasteiger partial charge in [-0.2, -0.15) is 11.8 Å². The van der Waals surface area contributed by atoms with Crippen molar-refractivity contribution in [2.45, 2.75) is 50.4 Å². The minimum atomic E-state index is -3.35. The van der Waals surface area contributed by atoms with E-state index in [0.29, 0.717) is 31.4 Å². The molecule has 0 aromatic heterocycles. The summed E-state index contributed by atoms with van der Waals surface area (Å²) < 4.78 is 29.1. The molecular formula is C22H33N3O7S2. The Morgan fingerprint density at radius 2 is 1.88 bits per heavy atom. The van der Waals surface area contributed by atoms with Crippen molar-refractivity contribution in [2.24, 2.45) is 5.92 Å². The Balaban J connectivity index is 2.01. The first-order chi connectivity index (χ1) is 16.1. The number of rotatable bonds is 11. The zero-order valence-corrected chi connectivity index (χ0v) is 21.0. The predicted octanol–water partition coefficient (Wildman–Crippen LogP) is 2.00. The minimum Gasteiger partial charge on any atom is -0.465 e. The van der Waals surface area contributed by atoms with Gasteiger partial charge in [0.2, 0.25) is 5.91 Å². The molecule has 0 bridgehead atoms. The first kappa shape index (κ1) is 27.8. The largest absolute Gasteiger partial charge is 0.465 e. The Morgan fingerprint density at radius 1 is 1.18 bits per heavy atom. The highest BCUT2D eigenvalue weighted by atomic mass is 32.2. The molecule has 0 heterocycles. The Labute approximate surface area is 204 Å². The zero-order valence-electron chi connectivity index (χ0n) is 19.4. The van der Waals surface area contributed by atoms with Crippen molar-refractivity contribution in [3.05, 3.63) is 35.9 Å². The van der Waals surface area contributed by atoms with Crippen LogP contribution in [0.2, 0.25) is 0 Å². The Morgan fingerprint density at radius 3 is 2.50 bits per heavy atom. The number of carboxylic acid groups (broad SMARTS) is 1. The molecule has 0 spiro atoms. The highest BCUT2D eigenvalue weighted by molar-refractivity contribution is 7.98. The van der Waals surface area contributed by atoms with E-state index in [1.165, 1.54) is 11.8 Å². The monoisotopic (exact) mass is 515 g/mol. The average Bonchev–Trinajstić information content (AvgIpc) is 2.76. The van der Waals surface area contributed by atoms with E-state index >= 15 is 0 Å². The van der Waals surface area contributed by atoms with Crippen LogP contribution in [0.5, 0.6) is 0 Å². The van der Waals surface area contributed by atoms with Crippen molar-refractivity contribution in [1.29, 1.82) is 0 Å². The number of carbonyl (C=O) groups is 3. The summed E-state index contributed by atoms with van der Waals surface area (Å²) >= 11 is 1.53. The summed E-state index contributed by atoms with van der Waals surface area (Å²) in [5.41, 5.74) is 0.818. The Bertz CT molecular complexity index is 928. The first-order valence-electron chi connectivity index (χ1n) is 11.0. The van der Waals surface area contributed by atoms with E-state index in [1.807, 2.05) is 36.6 Å². The van der Waals surface area contributed by atoms with E-state index in [9.17, 15) is 22.8 Å². The molecule has 1 saturated carbocycles. The lowest BCUT2D eigenvalue weighted by Gasteiger charge is -2.36. The summed E-state index contributed by atoms with van der Waals surface area (Å²) in [6.45, 7) is 0.0700. The van der Waals surface area contributed by atoms with Crippen molar-refractivity contribution in [2.75, 3.05) is 24.0 Å². The molecule has 1 aromatic carbocycles. The fraction of sp³-hybridized carbons (Fsp3) is 0.591. The molecule has 1 aromatic rings. The average molecular weight is 516 g/mol. The number of thioether (sulfide) groups is 1. The van der Waals surface area contributed by atoms with Crippen LogP contribution >= 0.6 is 11.8 Å². The second-order valence-electron chi connectivity index (χ2n) is 8.47. The van der Waals surface area contributed by atoms with Crippen molar-refractivity contribution in [3.8, 4) is 0 Å². The lowest BCUT2D eigenvalue weighted by Crippen LogP contribution is -2.55. The van der Waals surface area contributed by atoms with Gasteiger partial charge in [0.1, 0.15) is 22.5 Å². The molecule has 2 unspecified atom stereocenters. The van der Waals surface area contributed by atoms with Crippen LogP contribution in [0, 0.1) is 5.92 Å². The Kier molecular flexibility index (Phi) is 11.0. The van der Waals surface area contributed by atoms with Crippen LogP contribution in [0.1, 0.15) is 31.2 Å². The zero-order chi connectivity index (χ0) is 25.1. The van der Waals surface area contributed by atoms with E-state index in [1.54, 1.807) is 0 Å². The van der Waals surface area contributed by atoms with Gasteiger partial charge in [-0.15, -0.1) is 0 Å². The van der Waals surface area contributed by atoms with Gasteiger partial charge in [-0.1, -0.05) is 30.3 Å². The highest BCUT2D eigenvalue weighted by Crippen LogP contribution is 2.26. The number of ether oxygens (including phenoxy) is 1. The fourth-order valence-corrected chi connectivity index (χ4v) is 5.65. The topological polar surface area (TPSA) is 151 Å². The first-order valence-corrected chi connectivity index (χ1v) is 14.5. The lowest BCUT2D eigenvalue weighted by molar-refractivity contribution is -0.124. The van der Waals surface area contributed by atoms with Gasteiger partial charge in [-0.25, -0.2) is 18.0 Å². The lowest BCUT2D eigenvalue weighted by atomic mass is 9.82. The van der Waals surface area contributed by atoms with E-state index in [-0.39, 0.29) is 18.4 Å². The van der Waals surface area contributed by atoms with E-state index in [4.69, 9.17) is 9.84 Å². The van der Waals surface area contributed by atoms with Gasteiger partial charge in [0.05, 0.1) is 5.75 Å². The summed E-state index contributed by atoms with van der Waals surface area (Å²) in [5, 5.41) is 16.9. The van der Waals surface area contributed by atoms with E-state index < -0.39 is 45.9 Å². The van der Waals surface area contributed by atoms with Crippen molar-refractivity contribution >= 4 is 39.7 Å². The molecule has 3 amide bonds. The SMILES string of the molecule is CSCCC(NC(=O)OCc1ccccc1)C(=O)N[C@H]1CCC(NC(=O)O)C[C@H]1CS(C)(=O)=O. The molecule has 10 nitrogen and oxygen atoms in total. The van der Waals surface area contributed by atoms with Crippen LogP contribution in [0.3, 0.4) is 0 Å². The maximum Gasteiger partial charge on any atom is 0.408 e. The summed E-state index contributed by atoms with van der Waals surface area (Å²) in [6.07, 6.45) is 2.69. The van der Waals surface area contributed by atoms with Crippen LogP contribution in [-0.4, -0.2) is 73.8 Å². The summed E-state index contributed by atoms with van der Waals surface area (Å²) in [5.74, 6) is -0.411. The normalized spacial score (nSPS) is 21.2. The molecule has 4 atom stereocenters. The molecule has 0 radical (unpaired) electrons. The third kappa shape index (κ3) is 10.2. The maximum atomic E-state index is 13.0. The van der Waals surface area contributed by atoms with Crippen LogP contribution in [0.15, 0.2) is 30.3 Å². The van der Waals surface area contributed by atoms with Crippen LogP contribution in [0.25, 0.3) is 0 Å². The number of benzene rings is 1. The summed E-state index contributed by atoms with van der Waals surface area (Å²) in [7, 11) is -3.35. The Hall–Kier alpha value is -2.47. The second kappa shape index (κ2) is 13.4.